The molecule has 0 unspecified atom stereocenters. The molecule has 0 atom stereocenters. The summed E-state index contributed by atoms with van der Waals surface area (Å²) in [5.74, 6) is -0.276. The minimum atomic E-state index is -0.617. The van der Waals surface area contributed by atoms with Crippen molar-refractivity contribution in [2.75, 3.05) is 12.4 Å². The quantitative estimate of drug-likeness (QED) is 0.888. The van der Waals surface area contributed by atoms with Crippen LogP contribution in [0.15, 0.2) is 36.4 Å². The third-order valence-electron chi connectivity index (χ3n) is 3.06. The fourth-order valence-electron chi connectivity index (χ4n) is 2.08. The lowest BCUT2D eigenvalue weighted by Gasteiger charge is -2.14. The van der Waals surface area contributed by atoms with Crippen LogP contribution >= 0.6 is 11.6 Å². The molecule has 3 N–H and O–H groups in total. The van der Waals surface area contributed by atoms with E-state index < -0.39 is 5.91 Å². The summed E-state index contributed by atoms with van der Waals surface area (Å²) >= 11 is 6.01. The Bertz CT molecular complexity index is 754. The number of nitrogens with two attached hydrogens (primary N) is 1. The monoisotopic (exact) mass is 315 g/mol. The summed E-state index contributed by atoms with van der Waals surface area (Å²) in [6.45, 7) is 0.449. The van der Waals surface area contributed by atoms with Gasteiger partial charge in [0.25, 0.3) is 5.91 Å². The normalized spacial score (nSPS) is 9.86. The Balaban J connectivity index is 2.29. The SMILES string of the molecule is COc1c(NCc2cccc(C#N)c2)cc(Cl)cc1C(N)=O. The molecule has 2 aromatic carbocycles. The van der Waals surface area contributed by atoms with E-state index >= 15 is 0 Å². The summed E-state index contributed by atoms with van der Waals surface area (Å²) in [4.78, 5) is 11.5. The predicted molar refractivity (Wildman–Crippen MR) is 85.0 cm³/mol. The van der Waals surface area contributed by atoms with Crippen LogP contribution in [-0.4, -0.2) is 13.0 Å². The van der Waals surface area contributed by atoms with E-state index in [-0.39, 0.29) is 5.56 Å². The molecule has 0 bridgehead atoms. The van der Waals surface area contributed by atoms with E-state index in [0.717, 1.165) is 5.56 Å². The highest BCUT2D eigenvalue weighted by Crippen LogP contribution is 2.32. The van der Waals surface area contributed by atoms with Crippen LogP contribution < -0.4 is 15.8 Å². The van der Waals surface area contributed by atoms with E-state index in [0.29, 0.717) is 28.6 Å². The second-order valence-corrected chi connectivity index (χ2v) is 5.00. The molecule has 0 heterocycles. The van der Waals surface area contributed by atoms with Gasteiger partial charge in [0, 0.05) is 11.6 Å². The first-order valence-electron chi connectivity index (χ1n) is 6.45. The predicted octanol–water partition coefficient (Wildman–Crippen LogP) is 2.93. The van der Waals surface area contributed by atoms with Gasteiger partial charge in [-0.2, -0.15) is 5.26 Å². The van der Waals surface area contributed by atoms with Gasteiger partial charge < -0.3 is 15.8 Å². The zero-order valence-electron chi connectivity index (χ0n) is 11.9. The number of methoxy groups -OCH3 is 1. The average Bonchev–Trinajstić information content (AvgIpc) is 2.52. The number of carbonyl (C=O) groups excluding carboxylic acids is 1. The first-order chi connectivity index (χ1) is 10.5. The second-order valence-electron chi connectivity index (χ2n) is 4.56. The van der Waals surface area contributed by atoms with Gasteiger partial charge in [-0.1, -0.05) is 23.7 Å². The fraction of sp³-hybridized carbons (Fsp3) is 0.125. The Kier molecular flexibility index (Phi) is 4.87. The minimum absolute atomic E-state index is 0.211. The highest BCUT2D eigenvalue weighted by Gasteiger charge is 2.15. The summed E-state index contributed by atoms with van der Waals surface area (Å²) < 4.78 is 5.25. The highest BCUT2D eigenvalue weighted by atomic mass is 35.5. The Labute approximate surface area is 133 Å². The number of amides is 1. The fourth-order valence-corrected chi connectivity index (χ4v) is 2.29. The van der Waals surface area contributed by atoms with E-state index in [1.165, 1.54) is 13.2 Å². The molecule has 2 rings (SSSR count). The lowest BCUT2D eigenvalue weighted by atomic mass is 10.1. The van der Waals surface area contributed by atoms with Gasteiger partial charge in [-0.05, 0) is 29.8 Å². The van der Waals surface area contributed by atoms with E-state index in [1.54, 1.807) is 24.3 Å². The maximum Gasteiger partial charge on any atom is 0.252 e. The Hall–Kier alpha value is -2.71. The molecule has 0 radical (unpaired) electrons. The van der Waals surface area contributed by atoms with Crippen molar-refractivity contribution in [3.63, 3.8) is 0 Å². The molecule has 0 aliphatic heterocycles. The number of ether oxygens (including phenoxy) is 1. The van der Waals surface area contributed by atoms with Gasteiger partial charge in [-0.3, -0.25) is 4.79 Å². The van der Waals surface area contributed by atoms with Crippen molar-refractivity contribution in [2.45, 2.75) is 6.54 Å². The third-order valence-corrected chi connectivity index (χ3v) is 3.28. The molecular formula is C16H14ClN3O2. The van der Waals surface area contributed by atoms with E-state index in [2.05, 4.69) is 11.4 Å². The van der Waals surface area contributed by atoms with Gasteiger partial charge in [0.05, 0.1) is 30.0 Å². The summed E-state index contributed by atoms with van der Waals surface area (Å²) in [5, 5.41) is 12.4. The van der Waals surface area contributed by atoms with E-state index in [1.807, 2.05) is 6.07 Å². The number of rotatable bonds is 5. The number of nitrogens with one attached hydrogen (secondary N) is 1. The van der Waals surface area contributed by atoms with Crippen LogP contribution in [0.25, 0.3) is 0 Å². The molecule has 0 aliphatic carbocycles. The Morgan fingerprint density at radius 1 is 1.41 bits per heavy atom. The van der Waals surface area contributed by atoms with Gasteiger partial charge in [0.15, 0.2) is 5.75 Å². The van der Waals surface area contributed by atoms with Crippen molar-refractivity contribution in [2.24, 2.45) is 5.73 Å². The number of primary amides is 1. The van der Waals surface area contributed by atoms with Crippen LogP contribution in [0.2, 0.25) is 5.02 Å². The molecule has 22 heavy (non-hydrogen) atoms. The zero-order chi connectivity index (χ0) is 16.1. The number of carbonyl (C=O) groups is 1. The standard InChI is InChI=1S/C16H14ClN3O2/c1-22-15-13(16(19)21)6-12(17)7-14(15)20-9-11-4-2-3-10(5-11)8-18/h2-7,20H,9H2,1H3,(H2,19,21). The summed E-state index contributed by atoms with van der Waals surface area (Å²) in [6.07, 6.45) is 0. The topological polar surface area (TPSA) is 88.1 Å². The number of anilines is 1. The van der Waals surface area contributed by atoms with Crippen LogP contribution in [0, 0.1) is 11.3 Å². The molecule has 1 amide bonds. The maximum atomic E-state index is 11.5. The molecule has 0 fully saturated rings. The molecule has 2 aromatic rings. The van der Waals surface area contributed by atoms with Crippen molar-refractivity contribution in [1.82, 2.24) is 0 Å². The van der Waals surface area contributed by atoms with E-state index in [4.69, 9.17) is 27.3 Å². The molecule has 0 spiro atoms. The van der Waals surface area contributed by atoms with Crippen LogP contribution in [0.4, 0.5) is 5.69 Å². The first-order valence-corrected chi connectivity index (χ1v) is 6.83. The Morgan fingerprint density at radius 2 is 2.18 bits per heavy atom. The van der Waals surface area contributed by atoms with Crippen molar-refractivity contribution >= 4 is 23.2 Å². The molecule has 0 aromatic heterocycles. The first kappa shape index (κ1) is 15.7. The van der Waals surface area contributed by atoms with Gasteiger partial charge in [0.2, 0.25) is 0 Å². The van der Waals surface area contributed by atoms with Gasteiger partial charge in [0.1, 0.15) is 0 Å². The molecule has 5 nitrogen and oxygen atoms in total. The average molecular weight is 316 g/mol. The molecular weight excluding hydrogens is 302 g/mol. The van der Waals surface area contributed by atoms with Crippen LogP contribution in [-0.2, 0) is 6.54 Å². The number of nitrogens with zero attached hydrogens (tertiary/aromatic N) is 1. The zero-order valence-corrected chi connectivity index (χ0v) is 12.6. The summed E-state index contributed by atoms with van der Waals surface area (Å²) in [7, 11) is 1.46. The lowest BCUT2D eigenvalue weighted by Crippen LogP contribution is -2.14. The van der Waals surface area contributed by atoms with Gasteiger partial charge >= 0.3 is 0 Å². The highest BCUT2D eigenvalue weighted by molar-refractivity contribution is 6.31. The lowest BCUT2D eigenvalue weighted by molar-refractivity contribution is 0.0997. The number of halogens is 1. The molecule has 0 aliphatic rings. The number of nitriles is 1. The van der Waals surface area contributed by atoms with Crippen LogP contribution in [0.5, 0.6) is 5.75 Å². The van der Waals surface area contributed by atoms with Gasteiger partial charge in [-0.25, -0.2) is 0 Å². The van der Waals surface area contributed by atoms with Gasteiger partial charge in [-0.15, -0.1) is 0 Å². The Morgan fingerprint density at radius 3 is 2.82 bits per heavy atom. The van der Waals surface area contributed by atoms with Crippen LogP contribution in [0.1, 0.15) is 21.5 Å². The third kappa shape index (κ3) is 3.48. The minimum Gasteiger partial charge on any atom is -0.494 e. The van der Waals surface area contributed by atoms with Crippen molar-refractivity contribution in [1.29, 1.82) is 5.26 Å². The molecule has 6 heteroatoms. The smallest absolute Gasteiger partial charge is 0.252 e. The second kappa shape index (κ2) is 6.83. The summed E-state index contributed by atoms with van der Waals surface area (Å²) in [6, 6.07) is 12.4. The molecule has 0 saturated carbocycles. The maximum absolute atomic E-state index is 11.5. The largest absolute Gasteiger partial charge is 0.494 e. The van der Waals surface area contributed by atoms with Crippen molar-refractivity contribution in [3.05, 3.63) is 58.1 Å². The summed E-state index contributed by atoms with van der Waals surface area (Å²) in [5.41, 5.74) is 7.60. The van der Waals surface area contributed by atoms with Crippen LogP contribution in [0.3, 0.4) is 0 Å². The van der Waals surface area contributed by atoms with Crippen molar-refractivity contribution < 1.29 is 9.53 Å². The molecule has 112 valence electrons. The number of hydrogen-bond acceptors (Lipinski definition) is 4. The number of hydrogen-bond donors (Lipinski definition) is 2. The van der Waals surface area contributed by atoms with Crippen molar-refractivity contribution in [3.8, 4) is 11.8 Å². The van der Waals surface area contributed by atoms with E-state index in [9.17, 15) is 4.79 Å². The molecule has 0 saturated heterocycles. The number of benzene rings is 2.